The van der Waals surface area contributed by atoms with E-state index in [1.54, 1.807) is 0 Å². The zero-order chi connectivity index (χ0) is 18.0. The van der Waals surface area contributed by atoms with Crippen molar-refractivity contribution in [2.45, 2.75) is 39.3 Å². The maximum Gasteiger partial charge on any atom is 0.228 e. The molecule has 2 amide bonds. The summed E-state index contributed by atoms with van der Waals surface area (Å²) in [6.07, 6.45) is 0.361. The predicted molar refractivity (Wildman–Crippen MR) is 97.9 cm³/mol. The van der Waals surface area contributed by atoms with Gasteiger partial charge in [0.25, 0.3) is 0 Å². The van der Waals surface area contributed by atoms with Crippen molar-refractivity contribution in [1.82, 2.24) is 14.7 Å². The quantitative estimate of drug-likeness (QED) is 0.843. The second kappa shape index (κ2) is 7.16. The van der Waals surface area contributed by atoms with Crippen molar-refractivity contribution < 1.29 is 9.59 Å². The molecule has 0 saturated carbocycles. The third-order valence-electron chi connectivity index (χ3n) is 5.22. The number of likely N-dealkylation sites (tertiary alicyclic amines) is 1. The first kappa shape index (κ1) is 17.9. The summed E-state index contributed by atoms with van der Waals surface area (Å²) in [5.41, 5.74) is 1.10. The summed E-state index contributed by atoms with van der Waals surface area (Å²) in [6.45, 7) is 10.9. The van der Waals surface area contributed by atoms with Gasteiger partial charge in [0, 0.05) is 51.2 Å². The highest BCUT2D eigenvalue weighted by molar-refractivity contribution is 5.89. The van der Waals surface area contributed by atoms with Crippen LogP contribution >= 0.6 is 0 Å². The summed E-state index contributed by atoms with van der Waals surface area (Å²) in [4.78, 5) is 31.2. The lowest BCUT2D eigenvalue weighted by Gasteiger charge is -2.36. The number of hydrogen-bond donors (Lipinski definition) is 0. The average Bonchev–Trinajstić information content (AvgIpc) is 2.98. The van der Waals surface area contributed by atoms with Gasteiger partial charge in [-0.3, -0.25) is 14.5 Å². The van der Waals surface area contributed by atoms with Gasteiger partial charge in [0.05, 0.1) is 5.92 Å². The minimum absolute atomic E-state index is 0.105. The molecule has 2 aliphatic rings. The van der Waals surface area contributed by atoms with Crippen LogP contribution in [0, 0.1) is 5.92 Å². The summed E-state index contributed by atoms with van der Waals surface area (Å²) >= 11 is 0. The molecule has 0 N–H and O–H groups in total. The third kappa shape index (κ3) is 4.21. The molecule has 1 atom stereocenters. The predicted octanol–water partition coefficient (Wildman–Crippen LogP) is 1.98. The van der Waals surface area contributed by atoms with Gasteiger partial charge in [-0.25, -0.2) is 0 Å². The fourth-order valence-corrected chi connectivity index (χ4v) is 3.75. The molecule has 2 fully saturated rings. The number of amides is 2. The smallest absolute Gasteiger partial charge is 0.228 e. The molecule has 0 aliphatic carbocycles. The molecule has 5 heteroatoms. The number of carbonyl (C=O) groups excluding carboxylic acids is 2. The van der Waals surface area contributed by atoms with E-state index in [-0.39, 0.29) is 23.3 Å². The molecule has 0 radical (unpaired) electrons. The van der Waals surface area contributed by atoms with E-state index in [0.717, 1.165) is 32.7 Å². The number of rotatable bonds is 3. The third-order valence-corrected chi connectivity index (χ3v) is 5.22. The molecule has 0 unspecified atom stereocenters. The summed E-state index contributed by atoms with van der Waals surface area (Å²) in [6, 6.07) is 10.4. The lowest BCUT2D eigenvalue weighted by atomic mass is 10.1. The average molecular weight is 343 g/mol. The molecule has 136 valence electrons. The Balaban J connectivity index is 1.51. The Hall–Kier alpha value is -1.88. The van der Waals surface area contributed by atoms with Crippen LogP contribution in [0.4, 0.5) is 0 Å². The van der Waals surface area contributed by atoms with E-state index in [4.69, 9.17) is 0 Å². The highest BCUT2D eigenvalue weighted by atomic mass is 16.2. The monoisotopic (exact) mass is 343 g/mol. The summed E-state index contributed by atoms with van der Waals surface area (Å²) < 4.78 is 0. The van der Waals surface area contributed by atoms with Gasteiger partial charge < -0.3 is 9.80 Å². The van der Waals surface area contributed by atoms with Crippen LogP contribution in [-0.4, -0.2) is 64.8 Å². The number of piperazine rings is 1. The Bertz CT molecular complexity index is 616. The molecular weight excluding hydrogens is 314 g/mol. The molecule has 1 aromatic rings. The van der Waals surface area contributed by atoms with E-state index in [1.165, 1.54) is 5.56 Å². The lowest BCUT2D eigenvalue weighted by Crippen LogP contribution is -2.50. The molecule has 2 aliphatic heterocycles. The zero-order valence-corrected chi connectivity index (χ0v) is 15.6. The molecule has 0 aromatic heterocycles. The molecule has 0 spiro atoms. The SMILES string of the molecule is CC(C)(C)N1C[C@H](C(=O)N2CCN(Cc3ccccc3)CC2)CC1=O. The van der Waals surface area contributed by atoms with Gasteiger partial charge >= 0.3 is 0 Å². The van der Waals surface area contributed by atoms with Crippen LogP contribution in [-0.2, 0) is 16.1 Å². The standard InChI is InChI=1S/C20H29N3O2/c1-20(2,3)23-15-17(13-18(23)24)19(25)22-11-9-21(10-12-22)14-16-7-5-4-6-8-16/h4-8,17H,9-15H2,1-3H3/t17-/m1/s1. The first-order valence-corrected chi connectivity index (χ1v) is 9.20. The van der Waals surface area contributed by atoms with Crippen LogP contribution in [0.2, 0.25) is 0 Å². The van der Waals surface area contributed by atoms with E-state index < -0.39 is 0 Å². The normalized spacial score (nSPS) is 22.5. The summed E-state index contributed by atoms with van der Waals surface area (Å²) in [5, 5.41) is 0. The Labute approximate surface area is 150 Å². The highest BCUT2D eigenvalue weighted by Gasteiger charge is 2.41. The number of benzene rings is 1. The first-order valence-electron chi connectivity index (χ1n) is 9.20. The van der Waals surface area contributed by atoms with Crippen molar-refractivity contribution in [3.8, 4) is 0 Å². The maximum absolute atomic E-state index is 12.8. The largest absolute Gasteiger partial charge is 0.340 e. The van der Waals surface area contributed by atoms with Crippen LogP contribution < -0.4 is 0 Å². The van der Waals surface area contributed by atoms with E-state index in [2.05, 4.69) is 29.2 Å². The van der Waals surface area contributed by atoms with Crippen molar-refractivity contribution in [2.24, 2.45) is 5.92 Å². The van der Waals surface area contributed by atoms with Crippen LogP contribution in [0.1, 0.15) is 32.8 Å². The Kier molecular flexibility index (Phi) is 5.13. The number of carbonyl (C=O) groups is 2. The van der Waals surface area contributed by atoms with Gasteiger partial charge in [0.1, 0.15) is 0 Å². The number of hydrogen-bond acceptors (Lipinski definition) is 3. The van der Waals surface area contributed by atoms with Crippen LogP contribution in [0.15, 0.2) is 30.3 Å². The van der Waals surface area contributed by atoms with Gasteiger partial charge in [0.2, 0.25) is 11.8 Å². The van der Waals surface area contributed by atoms with E-state index in [1.807, 2.05) is 36.6 Å². The van der Waals surface area contributed by atoms with Gasteiger partial charge in [-0.1, -0.05) is 30.3 Å². The second-order valence-electron chi connectivity index (χ2n) is 8.16. The highest BCUT2D eigenvalue weighted by Crippen LogP contribution is 2.27. The van der Waals surface area contributed by atoms with Crippen LogP contribution in [0.25, 0.3) is 0 Å². The molecule has 0 bridgehead atoms. The van der Waals surface area contributed by atoms with Crippen LogP contribution in [0.3, 0.4) is 0 Å². The number of nitrogens with zero attached hydrogens (tertiary/aromatic N) is 3. The molecule has 25 heavy (non-hydrogen) atoms. The Morgan fingerprint density at radius 3 is 2.28 bits per heavy atom. The van der Waals surface area contributed by atoms with Crippen LogP contribution in [0.5, 0.6) is 0 Å². The van der Waals surface area contributed by atoms with Crippen molar-refractivity contribution in [1.29, 1.82) is 0 Å². The minimum atomic E-state index is -0.208. The van der Waals surface area contributed by atoms with Crippen molar-refractivity contribution in [3.05, 3.63) is 35.9 Å². The minimum Gasteiger partial charge on any atom is -0.340 e. The van der Waals surface area contributed by atoms with Crippen molar-refractivity contribution in [2.75, 3.05) is 32.7 Å². The molecule has 5 nitrogen and oxygen atoms in total. The molecule has 2 saturated heterocycles. The Morgan fingerprint density at radius 1 is 1.08 bits per heavy atom. The maximum atomic E-state index is 12.8. The molecule has 2 heterocycles. The lowest BCUT2D eigenvalue weighted by molar-refractivity contribution is -0.137. The molecular formula is C20H29N3O2. The van der Waals surface area contributed by atoms with Crippen molar-refractivity contribution in [3.63, 3.8) is 0 Å². The van der Waals surface area contributed by atoms with Crippen molar-refractivity contribution >= 4 is 11.8 Å². The summed E-state index contributed by atoms with van der Waals surface area (Å²) in [7, 11) is 0. The Morgan fingerprint density at radius 2 is 1.72 bits per heavy atom. The van der Waals surface area contributed by atoms with Gasteiger partial charge in [-0.05, 0) is 26.3 Å². The zero-order valence-electron chi connectivity index (χ0n) is 15.6. The second-order valence-corrected chi connectivity index (χ2v) is 8.16. The molecule has 3 rings (SSSR count). The first-order chi connectivity index (χ1) is 11.8. The molecule has 1 aromatic carbocycles. The topological polar surface area (TPSA) is 43.9 Å². The van der Waals surface area contributed by atoms with Gasteiger partial charge in [0.15, 0.2) is 0 Å². The van der Waals surface area contributed by atoms with Gasteiger partial charge in [-0.15, -0.1) is 0 Å². The van der Waals surface area contributed by atoms with E-state index >= 15 is 0 Å². The van der Waals surface area contributed by atoms with E-state index in [9.17, 15) is 9.59 Å². The fourth-order valence-electron chi connectivity index (χ4n) is 3.75. The summed E-state index contributed by atoms with van der Waals surface area (Å²) in [5.74, 6) is 0.0837. The fraction of sp³-hybridized carbons (Fsp3) is 0.600. The van der Waals surface area contributed by atoms with Gasteiger partial charge in [-0.2, -0.15) is 0 Å². The van der Waals surface area contributed by atoms with E-state index in [0.29, 0.717) is 13.0 Å².